The average molecular weight is 228 g/mol. The van der Waals surface area contributed by atoms with E-state index in [0.717, 1.165) is 11.7 Å². The van der Waals surface area contributed by atoms with Crippen molar-refractivity contribution in [3.05, 3.63) is 6.20 Å². The van der Waals surface area contributed by atoms with E-state index in [9.17, 15) is 4.79 Å². The molecule has 1 amide bonds. The Morgan fingerprint density at radius 2 is 2.27 bits per heavy atom. The van der Waals surface area contributed by atoms with E-state index in [0.29, 0.717) is 11.5 Å². The van der Waals surface area contributed by atoms with Crippen LogP contribution in [0, 0.1) is 0 Å². The molecule has 0 aliphatic carbocycles. The fraction of sp³-hybridized carbons (Fsp3) is 0.556. The monoisotopic (exact) mass is 228 g/mol. The van der Waals surface area contributed by atoms with Gasteiger partial charge in [0.1, 0.15) is 5.00 Å². The van der Waals surface area contributed by atoms with Crippen molar-refractivity contribution in [2.75, 3.05) is 37.8 Å². The molecule has 84 valence electrons. The molecule has 0 aliphatic heterocycles. The molecular formula is C9H16N4OS. The highest BCUT2D eigenvalue weighted by Crippen LogP contribution is 2.23. The highest BCUT2D eigenvalue weighted by Gasteiger charge is 2.13. The van der Waals surface area contributed by atoms with Gasteiger partial charge < -0.3 is 15.5 Å². The fourth-order valence-corrected chi connectivity index (χ4v) is 1.79. The van der Waals surface area contributed by atoms with E-state index in [1.54, 1.807) is 25.2 Å². The minimum absolute atomic E-state index is 0.0608. The molecule has 1 aromatic rings. The minimum atomic E-state index is 0.0608. The van der Waals surface area contributed by atoms with Crippen LogP contribution in [0.3, 0.4) is 0 Å². The third-order valence-electron chi connectivity index (χ3n) is 1.99. The fourth-order valence-electron chi connectivity index (χ4n) is 1.04. The number of nitrogens with zero attached hydrogens (tertiary/aromatic N) is 3. The number of thiazole rings is 1. The summed E-state index contributed by atoms with van der Waals surface area (Å²) in [6.07, 6.45) is 1.61. The molecule has 0 unspecified atom stereocenters. The van der Waals surface area contributed by atoms with Gasteiger partial charge >= 0.3 is 0 Å². The summed E-state index contributed by atoms with van der Waals surface area (Å²) < 4.78 is 0. The molecule has 0 bridgehead atoms. The molecule has 0 fully saturated rings. The van der Waals surface area contributed by atoms with Crippen LogP contribution in [-0.4, -0.2) is 43.0 Å². The Morgan fingerprint density at radius 3 is 2.67 bits per heavy atom. The Labute approximate surface area is 93.5 Å². The highest BCUT2D eigenvalue weighted by atomic mass is 32.1. The van der Waals surface area contributed by atoms with Crippen molar-refractivity contribution in [1.29, 1.82) is 0 Å². The lowest BCUT2D eigenvalue weighted by molar-refractivity contribution is -0.127. The van der Waals surface area contributed by atoms with Crippen molar-refractivity contribution >= 4 is 27.4 Å². The van der Waals surface area contributed by atoms with E-state index in [2.05, 4.69) is 4.98 Å². The molecule has 1 aromatic heterocycles. The molecular weight excluding hydrogens is 212 g/mol. The number of hydrogen-bond donors (Lipinski definition) is 1. The molecule has 0 aliphatic rings. The van der Waals surface area contributed by atoms with Crippen LogP contribution in [0.5, 0.6) is 0 Å². The minimum Gasteiger partial charge on any atom is -0.389 e. The van der Waals surface area contributed by atoms with Gasteiger partial charge in [0.15, 0.2) is 5.13 Å². The summed E-state index contributed by atoms with van der Waals surface area (Å²) in [5, 5.41) is 1.46. The number of carbonyl (C=O) groups is 1. The van der Waals surface area contributed by atoms with E-state index in [1.807, 2.05) is 11.8 Å². The number of amides is 1. The van der Waals surface area contributed by atoms with Crippen molar-refractivity contribution in [1.82, 2.24) is 9.88 Å². The van der Waals surface area contributed by atoms with Crippen LogP contribution < -0.4 is 10.6 Å². The van der Waals surface area contributed by atoms with Gasteiger partial charge in [-0.15, -0.1) is 0 Å². The largest absolute Gasteiger partial charge is 0.389 e. The smallest absolute Gasteiger partial charge is 0.241 e. The lowest BCUT2D eigenvalue weighted by Gasteiger charge is -2.21. The summed E-state index contributed by atoms with van der Waals surface area (Å²) in [6, 6.07) is 0. The van der Waals surface area contributed by atoms with Crippen molar-refractivity contribution in [2.45, 2.75) is 6.92 Å². The predicted molar refractivity (Wildman–Crippen MR) is 63.1 cm³/mol. The van der Waals surface area contributed by atoms with Gasteiger partial charge in [0, 0.05) is 20.6 Å². The number of hydrogen-bond acceptors (Lipinski definition) is 5. The number of aromatic nitrogens is 1. The Kier molecular flexibility index (Phi) is 3.90. The Bertz CT molecular complexity index is 337. The molecule has 1 heterocycles. The summed E-state index contributed by atoms with van der Waals surface area (Å²) in [7, 11) is 3.48. The maximum absolute atomic E-state index is 11.5. The summed E-state index contributed by atoms with van der Waals surface area (Å²) in [5.41, 5.74) is 5.60. The van der Waals surface area contributed by atoms with Crippen molar-refractivity contribution in [2.24, 2.45) is 0 Å². The predicted octanol–water partition coefficient (Wildman–Crippen LogP) is 0.640. The Balaban J connectivity index is 2.68. The molecule has 6 heteroatoms. The van der Waals surface area contributed by atoms with Crippen LogP contribution in [0.1, 0.15) is 6.92 Å². The van der Waals surface area contributed by atoms with Gasteiger partial charge in [0.2, 0.25) is 5.91 Å². The summed E-state index contributed by atoms with van der Waals surface area (Å²) in [6.45, 7) is 3.07. The van der Waals surface area contributed by atoms with E-state index in [1.165, 1.54) is 11.3 Å². The van der Waals surface area contributed by atoms with Gasteiger partial charge in [-0.25, -0.2) is 4.98 Å². The number of nitrogen functional groups attached to an aromatic ring is 1. The third-order valence-corrected chi connectivity index (χ3v) is 2.88. The van der Waals surface area contributed by atoms with Crippen molar-refractivity contribution in [3.8, 4) is 0 Å². The Morgan fingerprint density at radius 1 is 1.60 bits per heavy atom. The second kappa shape index (κ2) is 4.97. The van der Waals surface area contributed by atoms with E-state index < -0.39 is 0 Å². The van der Waals surface area contributed by atoms with E-state index >= 15 is 0 Å². The van der Waals surface area contributed by atoms with Crippen molar-refractivity contribution in [3.63, 3.8) is 0 Å². The lowest BCUT2D eigenvalue weighted by atomic mass is 10.5. The number of rotatable bonds is 4. The van der Waals surface area contributed by atoms with E-state index in [-0.39, 0.29) is 5.91 Å². The molecule has 2 N–H and O–H groups in total. The van der Waals surface area contributed by atoms with E-state index in [4.69, 9.17) is 5.73 Å². The molecule has 0 radical (unpaired) electrons. The SMILES string of the molecule is CCN(CC(=O)N(C)C)c1ncc(N)s1. The zero-order valence-corrected chi connectivity index (χ0v) is 10.0. The maximum atomic E-state index is 11.5. The standard InChI is InChI=1S/C9H16N4OS/c1-4-13(6-8(14)12(2)3)9-11-5-7(10)15-9/h5H,4,6,10H2,1-3H3. The molecule has 0 spiro atoms. The van der Waals surface area contributed by atoms with Crippen LogP contribution in [0.2, 0.25) is 0 Å². The maximum Gasteiger partial charge on any atom is 0.241 e. The zero-order chi connectivity index (χ0) is 11.4. The first-order valence-corrected chi connectivity index (χ1v) is 5.52. The quantitative estimate of drug-likeness (QED) is 0.821. The first kappa shape index (κ1) is 11.8. The molecule has 0 saturated carbocycles. The third kappa shape index (κ3) is 3.09. The summed E-state index contributed by atoms with van der Waals surface area (Å²) >= 11 is 1.40. The average Bonchev–Trinajstić information content (AvgIpc) is 2.60. The van der Waals surface area contributed by atoms with Gasteiger partial charge in [-0.05, 0) is 6.92 Å². The number of likely N-dealkylation sites (N-methyl/N-ethyl adjacent to an activating group) is 2. The Hall–Kier alpha value is -1.30. The van der Waals surface area contributed by atoms with Gasteiger partial charge in [-0.3, -0.25) is 4.79 Å². The van der Waals surface area contributed by atoms with Crippen molar-refractivity contribution < 1.29 is 4.79 Å². The molecule has 0 aromatic carbocycles. The molecule has 0 atom stereocenters. The van der Waals surface area contributed by atoms with Crippen LogP contribution in [0.15, 0.2) is 6.20 Å². The number of anilines is 2. The number of carbonyl (C=O) groups excluding carboxylic acids is 1. The van der Waals surface area contributed by atoms with Crippen LogP contribution in [-0.2, 0) is 4.79 Å². The van der Waals surface area contributed by atoms with Gasteiger partial charge in [-0.2, -0.15) is 0 Å². The molecule has 15 heavy (non-hydrogen) atoms. The second-order valence-corrected chi connectivity index (χ2v) is 4.39. The molecule has 1 rings (SSSR count). The lowest BCUT2D eigenvalue weighted by Crippen LogP contribution is -2.36. The molecule has 5 nitrogen and oxygen atoms in total. The van der Waals surface area contributed by atoms with Gasteiger partial charge in [0.25, 0.3) is 0 Å². The highest BCUT2D eigenvalue weighted by molar-refractivity contribution is 7.19. The van der Waals surface area contributed by atoms with Crippen LogP contribution in [0.4, 0.5) is 10.1 Å². The van der Waals surface area contributed by atoms with Gasteiger partial charge in [0.05, 0.1) is 12.7 Å². The number of nitrogens with two attached hydrogens (primary N) is 1. The first-order chi connectivity index (χ1) is 7.04. The van der Waals surface area contributed by atoms with Gasteiger partial charge in [-0.1, -0.05) is 11.3 Å². The van der Waals surface area contributed by atoms with Crippen LogP contribution >= 0.6 is 11.3 Å². The second-order valence-electron chi connectivity index (χ2n) is 3.35. The normalized spacial score (nSPS) is 10.1. The summed E-state index contributed by atoms with van der Waals surface area (Å²) in [4.78, 5) is 19.1. The topological polar surface area (TPSA) is 62.5 Å². The first-order valence-electron chi connectivity index (χ1n) is 4.71. The summed E-state index contributed by atoms with van der Waals surface area (Å²) in [5.74, 6) is 0.0608. The zero-order valence-electron chi connectivity index (χ0n) is 9.23. The molecule has 0 saturated heterocycles. The van der Waals surface area contributed by atoms with Crippen LogP contribution in [0.25, 0.3) is 0 Å².